The van der Waals surface area contributed by atoms with Crippen molar-refractivity contribution in [2.45, 2.75) is 26.9 Å². The molecule has 0 saturated carbocycles. The Labute approximate surface area is 83.6 Å². The van der Waals surface area contributed by atoms with Gasteiger partial charge in [-0.05, 0) is 32.9 Å². The molecule has 0 aliphatic carbocycles. The Morgan fingerprint density at radius 2 is 2.00 bits per heavy atom. The molecule has 2 N–H and O–H groups in total. The number of rotatable bonds is 2. The van der Waals surface area contributed by atoms with Crippen LogP contribution in [0.5, 0.6) is 5.75 Å². The van der Waals surface area contributed by atoms with Crippen LogP contribution in [0.4, 0.5) is 5.69 Å². The summed E-state index contributed by atoms with van der Waals surface area (Å²) in [6.45, 7) is 5.82. The average molecular weight is 200 g/mol. The first kappa shape index (κ1) is 10.2. The van der Waals surface area contributed by atoms with Crippen molar-refractivity contribution in [2.24, 2.45) is 0 Å². The summed E-state index contributed by atoms with van der Waals surface area (Å²) in [5.74, 6) is 0.697. The van der Waals surface area contributed by atoms with E-state index < -0.39 is 0 Å². The minimum Gasteiger partial charge on any atom is -0.489 e. The van der Waals surface area contributed by atoms with Gasteiger partial charge < -0.3 is 10.5 Å². The Morgan fingerprint density at radius 3 is 2.54 bits per heavy atom. The fraction of sp³-hybridized carbons (Fsp3) is 0.400. The van der Waals surface area contributed by atoms with Gasteiger partial charge in [0.05, 0.1) is 11.8 Å². The molecule has 72 valence electrons. The minimum atomic E-state index is 0.111. The van der Waals surface area contributed by atoms with E-state index in [0.29, 0.717) is 16.5 Å². The van der Waals surface area contributed by atoms with Crippen molar-refractivity contribution in [1.82, 2.24) is 0 Å². The molecule has 0 heterocycles. The molecule has 0 aromatic heterocycles. The Balaban J connectivity index is 3.10. The van der Waals surface area contributed by atoms with Gasteiger partial charge in [0.25, 0.3) is 0 Å². The third kappa shape index (κ3) is 2.28. The molecule has 0 amide bonds. The second-order valence-corrected chi connectivity index (χ2v) is 3.66. The summed E-state index contributed by atoms with van der Waals surface area (Å²) in [5.41, 5.74) is 7.29. The Morgan fingerprint density at radius 1 is 1.38 bits per heavy atom. The van der Waals surface area contributed by atoms with E-state index in [0.717, 1.165) is 5.56 Å². The van der Waals surface area contributed by atoms with Crippen molar-refractivity contribution in [1.29, 1.82) is 0 Å². The maximum Gasteiger partial charge on any atom is 0.146 e. The van der Waals surface area contributed by atoms with Crippen molar-refractivity contribution in [3.05, 3.63) is 22.7 Å². The maximum absolute atomic E-state index is 5.93. The smallest absolute Gasteiger partial charge is 0.146 e. The summed E-state index contributed by atoms with van der Waals surface area (Å²) < 4.78 is 5.55. The standard InChI is InChI=1S/C10H14ClNO/c1-6(2)13-10-7(3)8(11)4-5-9(10)12/h4-6H,12H2,1-3H3. The van der Waals surface area contributed by atoms with Crippen molar-refractivity contribution >= 4 is 17.3 Å². The first-order valence-electron chi connectivity index (χ1n) is 4.23. The van der Waals surface area contributed by atoms with Crippen LogP contribution in [-0.2, 0) is 0 Å². The number of anilines is 1. The van der Waals surface area contributed by atoms with Gasteiger partial charge in [0.15, 0.2) is 0 Å². The SMILES string of the molecule is Cc1c(Cl)ccc(N)c1OC(C)C. The van der Waals surface area contributed by atoms with Gasteiger partial charge in [0.1, 0.15) is 5.75 Å². The number of nitrogen functional groups attached to an aromatic ring is 1. The quantitative estimate of drug-likeness (QED) is 0.744. The largest absolute Gasteiger partial charge is 0.489 e. The molecule has 0 atom stereocenters. The van der Waals surface area contributed by atoms with Gasteiger partial charge in [-0.2, -0.15) is 0 Å². The van der Waals surface area contributed by atoms with Crippen LogP contribution in [0.25, 0.3) is 0 Å². The zero-order chi connectivity index (χ0) is 10.0. The fourth-order valence-corrected chi connectivity index (χ4v) is 1.23. The number of halogens is 1. The van der Waals surface area contributed by atoms with Crippen molar-refractivity contribution in [3.63, 3.8) is 0 Å². The van der Waals surface area contributed by atoms with Gasteiger partial charge >= 0.3 is 0 Å². The van der Waals surface area contributed by atoms with Gasteiger partial charge in [-0.25, -0.2) is 0 Å². The van der Waals surface area contributed by atoms with Gasteiger partial charge in [0.2, 0.25) is 0 Å². The van der Waals surface area contributed by atoms with Gasteiger partial charge in [-0.3, -0.25) is 0 Å². The van der Waals surface area contributed by atoms with Crippen molar-refractivity contribution in [3.8, 4) is 5.75 Å². The predicted octanol–water partition coefficient (Wildman–Crippen LogP) is 3.02. The Kier molecular flexibility index (Phi) is 3.04. The van der Waals surface area contributed by atoms with Crippen LogP contribution in [0.1, 0.15) is 19.4 Å². The molecule has 0 saturated heterocycles. The maximum atomic E-state index is 5.93. The number of hydrogen-bond acceptors (Lipinski definition) is 2. The molecule has 0 aliphatic heterocycles. The lowest BCUT2D eigenvalue weighted by Gasteiger charge is -2.15. The summed E-state index contributed by atoms with van der Waals surface area (Å²) in [7, 11) is 0. The lowest BCUT2D eigenvalue weighted by atomic mass is 10.2. The Bertz CT molecular complexity index is 310. The number of nitrogens with two attached hydrogens (primary N) is 1. The van der Waals surface area contributed by atoms with Crippen LogP contribution in [0.2, 0.25) is 5.02 Å². The predicted molar refractivity (Wildman–Crippen MR) is 56.4 cm³/mol. The molecular formula is C10H14ClNO. The molecule has 1 aromatic carbocycles. The summed E-state index contributed by atoms with van der Waals surface area (Å²) in [4.78, 5) is 0. The van der Waals surface area contributed by atoms with Crippen LogP contribution < -0.4 is 10.5 Å². The summed E-state index contributed by atoms with van der Waals surface area (Å²) in [5, 5.41) is 0.685. The number of ether oxygens (including phenoxy) is 1. The van der Waals surface area contributed by atoms with E-state index in [-0.39, 0.29) is 6.10 Å². The van der Waals surface area contributed by atoms with Crippen molar-refractivity contribution < 1.29 is 4.74 Å². The molecule has 3 heteroatoms. The number of benzene rings is 1. The molecule has 0 bridgehead atoms. The molecule has 1 rings (SSSR count). The highest BCUT2D eigenvalue weighted by atomic mass is 35.5. The third-order valence-corrected chi connectivity index (χ3v) is 2.13. The van der Waals surface area contributed by atoms with E-state index >= 15 is 0 Å². The first-order chi connectivity index (χ1) is 6.02. The lowest BCUT2D eigenvalue weighted by molar-refractivity contribution is 0.242. The monoisotopic (exact) mass is 199 g/mol. The van der Waals surface area contributed by atoms with Gasteiger partial charge in [-0.15, -0.1) is 0 Å². The first-order valence-corrected chi connectivity index (χ1v) is 4.61. The zero-order valence-electron chi connectivity index (χ0n) is 8.10. The van der Waals surface area contributed by atoms with Crippen LogP contribution in [0.3, 0.4) is 0 Å². The topological polar surface area (TPSA) is 35.2 Å². The molecule has 0 fully saturated rings. The van der Waals surface area contributed by atoms with Gasteiger partial charge in [0, 0.05) is 10.6 Å². The molecular weight excluding hydrogens is 186 g/mol. The van der Waals surface area contributed by atoms with Crippen molar-refractivity contribution in [2.75, 3.05) is 5.73 Å². The molecule has 0 aliphatic rings. The van der Waals surface area contributed by atoms with E-state index in [9.17, 15) is 0 Å². The second-order valence-electron chi connectivity index (χ2n) is 3.26. The molecule has 13 heavy (non-hydrogen) atoms. The molecule has 1 aromatic rings. The van der Waals surface area contributed by atoms with Crippen LogP contribution >= 0.6 is 11.6 Å². The highest BCUT2D eigenvalue weighted by Crippen LogP contribution is 2.32. The van der Waals surface area contributed by atoms with Crippen LogP contribution in [0.15, 0.2) is 12.1 Å². The molecule has 2 nitrogen and oxygen atoms in total. The summed E-state index contributed by atoms with van der Waals surface area (Å²) in [6, 6.07) is 3.53. The minimum absolute atomic E-state index is 0.111. The van der Waals surface area contributed by atoms with Crippen LogP contribution in [-0.4, -0.2) is 6.10 Å². The summed E-state index contributed by atoms with van der Waals surface area (Å²) in [6.07, 6.45) is 0.111. The van der Waals surface area contributed by atoms with E-state index in [1.54, 1.807) is 12.1 Å². The fourth-order valence-electron chi connectivity index (χ4n) is 1.08. The van der Waals surface area contributed by atoms with Crippen LogP contribution in [0, 0.1) is 6.92 Å². The van der Waals surface area contributed by atoms with E-state index in [2.05, 4.69) is 0 Å². The normalized spacial score (nSPS) is 10.5. The third-order valence-electron chi connectivity index (χ3n) is 1.72. The molecule has 0 radical (unpaired) electrons. The Hall–Kier alpha value is -0.890. The molecule has 0 unspecified atom stereocenters. The number of hydrogen-bond donors (Lipinski definition) is 1. The zero-order valence-corrected chi connectivity index (χ0v) is 8.85. The molecule has 0 spiro atoms. The second kappa shape index (κ2) is 3.88. The lowest BCUT2D eigenvalue weighted by Crippen LogP contribution is -2.08. The van der Waals surface area contributed by atoms with E-state index in [1.165, 1.54) is 0 Å². The highest BCUT2D eigenvalue weighted by Gasteiger charge is 2.09. The van der Waals surface area contributed by atoms with E-state index in [1.807, 2.05) is 20.8 Å². The van der Waals surface area contributed by atoms with Gasteiger partial charge in [-0.1, -0.05) is 11.6 Å². The highest BCUT2D eigenvalue weighted by molar-refractivity contribution is 6.31. The summed E-state index contributed by atoms with van der Waals surface area (Å²) >= 11 is 5.93. The van der Waals surface area contributed by atoms with E-state index in [4.69, 9.17) is 22.1 Å². The average Bonchev–Trinajstić information content (AvgIpc) is 2.05.